The molecule has 0 unspecified atom stereocenters. The lowest BCUT2D eigenvalue weighted by molar-refractivity contribution is -0.114. The number of hydrogen-bond acceptors (Lipinski definition) is 3. The molecule has 0 spiro atoms. The summed E-state index contributed by atoms with van der Waals surface area (Å²) in [6.45, 7) is -0.506. The highest BCUT2D eigenvalue weighted by molar-refractivity contribution is 7.92. The van der Waals surface area contributed by atoms with Gasteiger partial charge in [0.05, 0.1) is 10.6 Å². The molecular formula is C20H16ClFN2O3S. The lowest BCUT2D eigenvalue weighted by atomic mass is 10.3. The van der Waals surface area contributed by atoms with E-state index in [0.717, 1.165) is 10.4 Å². The Hall–Kier alpha value is -2.90. The summed E-state index contributed by atoms with van der Waals surface area (Å²) in [5.74, 6) is -1.13. The lowest BCUT2D eigenvalue weighted by Crippen LogP contribution is -2.38. The van der Waals surface area contributed by atoms with Gasteiger partial charge in [0.15, 0.2) is 0 Å². The highest BCUT2D eigenvalue weighted by Gasteiger charge is 2.27. The van der Waals surface area contributed by atoms with Crippen LogP contribution in [-0.4, -0.2) is 20.9 Å². The van der Waals surface area contributed by atoms with E-state index in [4.69, 9.17) is 11.6 Å². The number of anilines is 2. The molecule has 1 N–H and O–H groups in total. The van der Waals surface area contributed by atoms with Gasteiger partial charge in [0, 0.05) is 10.7 Å². The van der Waals surface area contributed by atoms with Crippen molar-refractivity contribution in [1.82, 2.24) is 0 Å². The maximum atomic E-state index is 13.3. The number of rotatable bonds is 6. The van der Waals surface area contributed by atoms with Crippen LogP contribution in [0.15, 0.2) is 83.8 Å². The fourth-order valence-electron chi connectivity index (χ4n) is 2.56. The fraction of sp³-hybridized carbons (Fsp3) is 0.0500. The van der Waals surface area contributed by atoms with Crippen molar-refractivity contribution in [3.63, 3.8) is 0 Å². The molecule has 28 heavy (non-hydrogen) atoms. The van der Waals surface area contributed by atoms with Gasteiger partial charge in [-0.2, -0.15) is 0 Å². The third-order valence-corrected chi connectivity index (χ3v) is 5.85. The first kappa shape index (κ1) is 19.9. The first-order valence-electron chi connectivity index (χ1n) is 8.25. The smallest absolute Gasteiger partial charge is 0.264 e. The molecule has 3 aromatic rings. The van der Waals surface area contributed by atoms with Gasteiger partial charge in [0.1, 0.15) is 12.4 Å². The highest BCUT2D eigenvalue weighted by atomic mass is 35.5. The topological polar surface area (TPSA) is 66.5 Å². The number of nitrogens with one attached hydrogen (secondary N) is 1. The largest absolute Gasteiger partial charge is 0.324 e. The third-order valence-electron chi connectivity index (χ3n) is 3.82. The third kappa shape index (κ3) is 4.68. The number of carbonyl (C=O) groups excluding carboxylic acids is 1. The molecule has 0 aliphatic rings. The number of sulfonamides is 1. The predicted molar refractivity (Wildman–Crippen MR) is 107 cm³/mol. The van der Waals surface area contributed by atoms with Crippen molar-refractivity contribution in [2.75, 3.05) is 16.2 Å². The normalized spacial score (nSPS) is 11.1. The number of hydrogen-bond donors (Lipinski definition) is 1. The van der Waals surface area contributed by atoms with Gasteiger partial charge in [-0.25, -0.2) is 12.8 Å². The van der Waals surface area contributed by atoms with Crippen LogP contribution in [0.4, 0.5) is 15.8 Å². The van der Waals surface area contributed by atoms with Crippen molar-refractivity contribution >= 4 is 38.9 Å². The summed E-state index contributed by atoms with van der Waals surface area (Å²) in [6.07, 6.45) is 0. The van der Waals surface area contributed by atoms with Crippen LogP contribution in [0.2, 0.25) is 5.02 Å². The van der Waals surface area contributed by atoms with Crippen molar-refractivity contribution in [3.05, 3.63) is 89.7 Å². The van der Waals surface area contributed by atoms with Crippen molar-refractivity contribution in [2.45, 2.75) is 4.90 Å². The Kier molecular flexibility index (Phi) is 5.96. The van der Waals surface area contributed by atoms with E-state index >= 15 is 0 Å². The van der Waals surface area contributed by atoms with Crippen LogP contribution in [0.3, 0.4) is 0 Å². The zero-order valence-electron chi connectivity index (χ0n) is 14.5. The Bertz CT molecular complexity index is 1090. The zero-order valence-corrected chi connectivity index (χ0v) is 16.1. The Morgan fingerprint density at radius 3 is 2.36 bits per heavy atom. The van der Waals surface area contributed by atoms with E-state index in [1.165, 1.54) is 36.4 Å². The van der Waals surface area contributed by atoms with Crippen LogP contribution >= 0.6 is 11.6 Å². The molecule has 0 fully saturated rings. The number of carbonyl (C=O) groups is 1. The minimum atomic E-state index is -4.03. The molecule has 0 radical (unpaired) electrons. The van der Waals surface area contributed by atoms with Gasteiger partial charge in [0.2, 0.25) is 5.91 Å². The maximum Gasteiger partial charge on any atom is 0.264 e. The second kappa shape index (κ2) is 8.41. The van der Waals surface area contributed by atoms with E-state index in [-0.39, 0.29) is 16.3 Å². The quantitative estimate of drug-likeness (QED) is 0.648. The number of benzene rings is 3. The summed E-state index contributed by atoms with van der Waals surface area (Å²) in [7, 11) is -4.03. The Labute approximate surface area is 167 Å². The molecule has 0 bridgehead atoms. The second-order valence-electron chi connectivity index (χ2n) is 5.86. The van der Waals surface area contributed by atoms with Crippen LogP contribution in [0.1, 0.15) is 0 Å². The van der Waals surface area contributed by atoms with Crippen LogP contribution < -0.4 is 9.62 Å². The summed E-state index contributed by atoms with van der Waals surface area (Å²) in [5, 5.41) is 2.83. The maximum absolute atomic E-state index is 13.3. The molecule has 0 aromatic heterocycles. The lowest BCUT2D eigenvalue weighted by Gasteiger charge is -2.24. The molecule has 0 atom stereocenters. The van der Waals surface area contributed by atoms with Gasteiger partial charge < -0.3 is 5.32 Å². The summed E-state index contributed by atoms with van der Waals surface area (Å²) >= 11 is 6.01. The van der Waals surface area contributed by atoms with Gasteiger partial charge in [-0.15, -0.1) is 0 Å². The molecule has 3 aromatic carbocycles. The molecule has 8 heteroatoms. The number of nitrogens with zero attached hydrogens (tertiary/aromatic N) is 1. The second-order valence-corrected chi connectivity index (χ2v) is 8.16. The SMILES string of the molecule is O=C(CN(c1cccc(Cl)c1)S(=O)(=O)c1ccccc1)Nc1cccc(F)c1. The molecule has 144 valence electrons. The van der Waals surface area contributed by atoms with E-state index in [1.54, 1.807) is 36.4 Å². The van der Waals surface area contributed by atoms with Crippen molar-refractivity contribution < 1.29 is 17.6 Å². The van der Waals surface area contributed by atoms with E-state index in [2.05, 4.69) is 5.32 Å². The molecular weight excluding hydrogens is 403 g/mol. The molecule has 0 aliphatic carbocycles. The minimum absolute atomic E-state index is 0.0357. The first-order valence-corrected chi connectivity index (χ1v) is 10.1. The first-order chi connectivity index (χ1) is 13.4. The minimum Gasteiger partial charge on any atom is -0.324 e. The van der Waals surface area contributed by atoms with E-state index < -0.39 is 28.3 Å². The zero-order chi connectivity index (χ0) is 20.1. The Balaban J connectivity index is 1.94. The van der Waals surface area contributed by atoms with Crippen LogP contribution in [0, 0.1) is 5.82 Å². The molecule has 0 heterocycles. The van der Waals surface area contributed by atoms with Gasteiger partial charge in [-0.05, 0) is 48.5 Å². The van der Waals surface area contributed by atoms with E-state index in [9.17, 15) is 17.6 Å². The van der Waals surface area contributed by atoms with E-state index in [1.807, 2.05) is 0 Å². The van der Waals surface area contributed by atoms with Crippen molar-refractivity contribution in [3.8, 4) is 0 Å². The number of halogens is 2. The molecule has 3 rings (SSSR count). The summed E-state index contributed by atoms with van der Waals surface area (Å²) in [6, 6.07) is 19.3. The number of amides is 1. The van der Waals surface area contributed by atoms with Crippen LogP contribution in [0.25, 0.3) is 0 Å². The van der Waals surface area contributed by atoms with E-state index in [0.29, 0.717) is 5.02 Å². The highest BCUT2D eigenvalue weighted by Crippen LogP contribution is 2.26. The standard InChI is InChI=1S/C20H16ClFN2O3S/c21-15-6-4-9-18(12-15)24(28(26,27)19-10-2-1-3-11-19)14-20(25)23-17-8-5-7-16(22)13-17/h1-13H,14H2,(H,23,25). The van der Waals surface area contributed by atoms with Crippen LogP contribution in [0.5, 0.6) is 0 Å². The average Bonchev–Trinajstić information content (AvgIpc) is 2.67. The molecule has 0 aliphatic heterocycles. The summed E-state index contributed by atoms with van der Waals surface area (Å²) in [5.41, 5.74) is 0.471. The van der Waals surface area contributed by atoms with Crippen molar-refractivity contribution in [1.29, 1.82) is 0 Å². The molecule has 1 amide bonds. The van der Waals surface area contributed by atoms with Crippen molar-refractivity contribution in [2.24, 2.45) is 0 Å². The Morgan fingerprint density at radius 1 is 0.964 bits per heavy atom. The fourth-order valence-corrected chi connectivity index (χ4v) is 4.18. The average molecular weight is 419 g/mol. The Morgan fingerprint density at radius 2 is 1.68 bits per heavy atom. The summed E-state index contributed by atoms with van der Waals surface area (Å²) < 4.78 is 40.5. The van der Waals surface area contributed by atoms with Gasteiger partial charge in [0.25, 0.3) is 10.0 Å². The monoisotopic (exact) mass is 418 g/mol. The molecule has 0 saturated carbocycles. The van der Waals surface area contributed by atoms with Gasteiger partial charge in [-0.3, -0.25) is 9.10 Å². The van der Waals surface area contributed by atoms with Gasteiger partial charge in [-0.1, -0.05) is 41.9 Å². The molecule has 0 saturated heterocycles. The van der Waals surface area contributed by atoms with Gasteiger partial charge >= 0.3 is 0 Å². The summed E-state index contributed by atoms with van der Waals surface area (Å²) in [4.78, 5) is 12.5. The molecule has 5 nitrogen and oxygen atoms in total. The predicted octanol–water partition coefficient (Wildman–Crippen LogP) is 4.31. The van der Waals surface area contributed by atoms with Crippen LogP contribution in [-0.2, 0) is 14.8 Å².